The predicted octanol–water partition coefficient (Wildman–Crippen LogP) is 0.153. The first-order valence-corrected chi connectivity index (χ1v) is 5.54. The number of methoxy groups -OCH3 is 1. The number of hydrogen-bond donors (Lipinski definition) is 2. The Balaban J connectivity index is 3.62. The summed E-state index contributed by atoms with van der Waals surface area (Å²) in [6, 6.07) is 0. The second kappa shape index (κ2) is 7.97. The van der Waals surface area contributed by atoms with Gasteiger partial charge in [0.1, 0.15) is 6.10 Å². The molecule has 2 unspecified atom stereocenters. The van der Waals surface area contributed by atoms with Gasteiger partial charge in [-0.3, -0.25) is 0 Å². The van der Waals surface area contributed by atoms with Crippen LogP contribution < -0.4 is 5.73 Å². The molecule has 0 aromatic carbocycles. The molecule has 2 atom stereocenters. The number of aliphatic hydroxyl groups is 1. The molecule has 0 aromatic heterocycles. The first kappa shape index (κ1) is 15.8. The van der Waals surface area contributed by atoms with E-state index < -0.39 is 11.7 Å². The summed E-state index contributed by atoms with van der Waals surface area (Å²) in [7, 11) is 1.61. The number of aliphatic hydroxyl groups excluding tert-OH is 1. The first-order chi connectivity index (χ1) is 7.41. The normalized spacial score (nSPS) is 16.1. The Labute approximate surface area is 97.9 Å². The smallest absolute Gasteiger partial charge is 0.101 e. The zero-order valence-electron chi connectivity index (χ0n) is 10.7. The van der Waals surface area contributed by atoms with Crippen LogP contribution in [-0.4, -0.2) is 56.4 Å². The summed E-state index contributed by atoms with van der Waals surface area (Å²) in [5.41, 5.74) is 5.10. The van der Waals surface area contributed by atoms with E-state index in [0.29, 0.717) is 13.2 Å². The van der Waals surface area contributed by atoms with Crippen molar-refractivity contribution in [2.24, 2.45) is 5.73 Å². The number of hydrogen-bond acceptors (Lipinski definition) is 5. The third-order valence-electron chi connectivity index (χ3n) is 2.13. The molecule has 5 nitrogen and oxygen atoms in total. The van der Waals surface area contributed by atoms with Crippen molar-refractivity contribution in [3.05, 3.63) is 0 Å². The molecule has 0 saturated heterocycles. The lowest BCUT2D eigenvalue weighted by atomic mass is 10.1. The second-order valence-corrected chi connectivity index (χ2v) is 4.53. The molecule has 3 N–H and O–H groups in total. The molecular formula is C11H25NO4. The van der Waals surface area contributed by atoms with Crippen LogP contribution in [0.4, 0.5) is 0 Å². The Morgan fingerprint density at radius 2 is 1.88 bits per heavy atom. The molecule has 0 aliphatic rings. The molecule has 0 amide bonds. The fourth-order valence-corrected chi connectivity index (χ4v) is 0.987. The number of nitrogens with two attached hydrogens (primary N) is 1. The van der Waals surface area contributed by atoms with Gasteiger partial charge in [-0.15, -0.1) is 0 Å². The van der Waals surface area contributed by atoms with Crippen molar-refractivity contribution >= 4 is 0 Å². The summed E-state index contributed by atoms with van der Waals surface area (Å²) >= 11 is 0. The lowest BCUT2D eigenvalue weighted by Gasteiger charge is -2.25. The minimum Gasteiger partial charge on any atom is -0.388 e. The van der Waals surface area contributed by atoms with Gasteiger partial charge >= 0.3 is 0 Å². The molecule has 98 valence electrons. The standard InChI is InChI=1S/C11H25NO4/c1-9(5-14-4)15-6-10(13)7-16-11(2,3)8-12/h9-10,13H,5-8,12H2,1-4H3. The average molecular weight is 235 g/mol. The van der Waals surface area contributed by atoms with Crippen LogP contribution in [0.25, 0.3) is 0 Å². The molecule has 0 fully saturated rings. The summed E-state index contributed by atoms with van der Waals surface area (Å²) in [6.07, 6.45) is -0.660. The van der Waals surface area contributed by atoms with Crippen molar-refractivity contribution in [3.63, 3.8) is 0 Å². The topological polar surface area (TPSA) is 73.9 Å². The summed E-state index contributed by atoms with van der Waals surface area (Å²) in [5.74, 6) is 0. The highest BCUT2D eigenvalue weighted by molar-refractivity contribution is 4.70. The Morgan fingerprint density at radius 1 is 1.25 bits per heavy atom. The van der Waals surface area contributed by atoms with Gasteiger partial charge in [0.25, 0.3) is 0 Å². The van der Waals surface area contributed by atoms with Crippen LogP contribution in [-0.2, 0) is 14.2 Å². The van der Waals surface area contributed by atoms with Gasteiger partial charge in [0.2, 0.25) is 0 Å². The highest BCUT2D eigenvalue weighted by Crippen LogP contribution is 2.07. The van der Waals surface area contributed by atoms with Crippen LogP contribution in [0.15, 0.2) is 0 Å². The van der Waals surface area contributed by atoms with E-state index in [1.807, 2.05) is 20.8 Å². The van der Waals surface area contributed by atoms with E-state index >= 15 is 0 Å². The molecule has 0 aliphatic carbocycles. The van der Waals surface area contributed by atoms with Crippen molar-refractivity contribution < 1.29 is 19.3 Å². The molecule has 0 radical (unpaired) electrons. The highest BCUT2D eigenvalue weighted by Gasteiger charge is 2.18. The first-order valence-electron chi connectivity index (χ1n) is 5.54. The molecule has 0 aromatic rings. The lowest BCUT2D eigenvalue weighted by molar-refractivity contribution is -0.0901. The molecule has 0 rings (SSSR count). The molecule has 0 heterocycles. The molecule has 0 bridgehead atoms. The van der Waals surface area contributed by atoms with Crippen LogP contribution in [0, 0.1) is 0 Å². The van der Waals surface area contributed by atoms with E-state index in [1.165, 1.54) is 0 Å². The van der Waals surface area contributed by atoms with Crippen molar-refractivity contribution in [1.29, 1.82) is 0 Å². The minimum absolute atomic E-state index is 0.0258. The molecule has 5 heteroatoms. The summed E-state index contributed by atoms with van der Waals surface area (Å²) in [6.45, 7) is 7.06. The second-order valence-electron chi connectivity index (χ2n) is 4.53. The van der Waals surface area contributed by atoms with Gasteiger partial charge in [0, 0.05) is 13.7 Å². The average Bonchev–Trinajstić information content (AvgIpc) is 2.24. The fraction of sp³-hybridized carbons (Fsp3) is 1.00. The van der Waals surface area contributed by atoms with Gasteiger partial charge in [-0.25, -0.2) is 0 Å². The van der Waals surface area contributed by atoms with Crippen LogP contribution in [0.1, 0.15) is 20.8 Å². The Bertz CT molecular complexity index is 175. The molecule has 0 aliphatic heterocycles. The summed E-state index contributed by atoms with van der Waals surface area (Å²) < 4.78 is 15.7. The Morgan fingerprint density at radius 3 is 2.38 bits per heavy atom. The van der Waals surface area contributed by atoms with Crippen molar-refractivity contribution in [2.75, 3.05) is 33.5 Å². The fourth-order valence-electron chi connectivity index (χ4n) is 0.987. The SMILES string of the molecule is COCC(C)OCC(O)COC(C)(C)CN. The van der Waals surface area contributed by atoms with E-state index in [2.05, 4.69) is 0 Å². The van der Waals surface area contributed by atoms with Gasteiger partial charge in [0.05, 0.1) is 31.5 Å². The van der Waals surface area contributed by atoms with Crippen molar-refractivity contribution in [2.45, 2.75) is 38.6 Å². The highest BCUT2D eigenvalue weighted by atomic mass is 16.5. The van der Waals surface area contributed by atoms with Crippen molar-refractivity contribution in [1.82, 2.24) is 0 Å². The minimum atomic E-state index is -0.634. The number of rotatable bonds is 9. The summed E-state index contributed by atoms with van der Waals surface area (Å²) in [5, 5.41) is 9.59. The molecular weight excluding hydrogens is 210 g/mol. The van der Waals surface area contributed by atoms with Crippen LogP contribution in [0.5, 0.6) is 0 Å². The zero-order valence-corrected chi connectivity index (χ0v) is 10.7. The maximum absolute atomic E-state index is 9.59. The third-order valence-corrected chi connectivity index (χ3v) is 2.13. The maximum atomic E-state index is 9.59. The largest absolute Gasteiger partial charge is 0.388 e. The molecule has 16 heavy (non-hydrogen) atoms. The summed E-state index contributed by atoms with van der Waals surface area (Å²) in [4.78, 5) is 0. The van der Waals surface area contributed by atoms with E-state index in [1.54, 1.807) is 7.11 Å². The van der Waals surface area contributed by atoms with Crippen LogP contribution >= 0.6 is 0 Å². The van der Waals surface area contributed by atoms with Gasteiger partial charge in [-0.2, -0.15) is 0 Å². The van der Waals surface area contributed by atoms with E-state index in [9.17, 15) is 5.11 Å². The predicted molar refractivity (Wildman–Crippen MR) is 62.4 cm³/mol. The van der Waals surface area contributed by atoms with Crippen LogP contribution in [0.3, 0.4) is 0 Å². The van der Waals surface area contributed by atoms with E-state index in [0.717, 1.165) is 0 Å². The van der Waals surface area contributed by atoms with Crippen molar-refractivity contribution in [3.8, 4) is 0 Å². The maximum Gasteiger partial charge on any atom is 0.101 e. The third kappa shape index (κ3) is 8.01. The number of ether oxygens (including phenoxy) is 3. The van der Waals surface area contributed by atoms with Gasteiger partial charge in [0.15, 0.2) is 0 Å². The molecule has 0 saturated carbocycles. The van der Waals surface area contributed by atoms with Gasteiger partial charge in [-0.05, 0) is 20.8 Å². The van der Waals surface area contributed by atoms with Gasteiger partial charge in [-0.1, -0.05) is 0 Å². The quantitative estimate of drug-likeness (QED) is 0.595. The Kier molecular flexibility index (Phi) is 7.87. The van der Waals surface area contributed by atoms with Crippen LogP contribution in [0.2, 0.25) is 0 Å². The van der Waals surface area contributed by atoms with Gasteiger partial charge < -0.3 is 25.1 Å². The molecule has 0 spiro atoms. The Hall–Kier alpha value is -0.200. The van der Waals surface area contributed by atoms with E-state index in [-0.39, 0.29) is 19.3 Å². The zero-order chi connectivity index (χ0) is 12.6. The monoisotopic (exact) mass is 235 g/mol. The van der Waals surface area contributed by atoms with E-state index in [4.69, 9.17) is 19.9 Å². The lowest BCUT2D eigenvalue weighted by Crippen LogP contribution is -2.38.